The first-order valence-corrected chi connectivity index (χ1v) is 6.69. The molecular weight excluding hydrogens is 297 g/mol. The van der Waals surface area contributed by atoms with Gasteiger partial charge in [0.05, 0.1) is 22.7 Å². The zero-order valence-electron chi connectivity index (χ0n) is 10.8. The zero-order valence-corrected chi connectivity index (χ0v) is 12.3. The highest BCUT2D eigenvalue weighted by atomic mass is 35.5. The fraction of sp³-hybridized carbons (Fsp3) is 0.143. The number of aromatic nitrogens is 1. The number of carbonyl (C=O) groups excluding carboxylic acids is 1. The summed E-state index contributed by atoms with van der Waals surface area (Å²) in [5, 5.41) is 4.84. The van der Waals surface area contributed by atoms with Crippen molar-refractivity contribution < 1.29 is 4.79 Å². The van der Waals surface area contributed by atoms with Gasteiger partial charge in [0.15, 0.2) is 0 Å². The Bertz CT molecular complexity index is 629. The van der Waals surface area contributed by atoms with Gasteiger partial charge in [0.2, 0.25) is 5.91 Å². The number of hydrogen-bond donors (Lipinski definition) is 1. The molecule has 0 saturated heterocycles. The number of aryl methyl sites for hydroxylation is 1. The van der Waals surface area contributed by atoms with Gasteiger partial charge in [0.25, 0.3) is 0 Å². The molecule has 6 heteroatoms. The van der Waals surface area contributed by atoms with Gasteiger partial charge in [-0.1, -0.05) is 29.3 Å². The van der Waals surface area contributed by atoms with E-state index in [1.54, 1.807) is 18.2 Å². The number of benzene rings is 1. The molecular formula is C14H13Cl2N3O. The first-order chi connectivity index (χ1) is 9.58. The van der Waals surface area contributed by atoms with Crippen molar-refractivity contribution in [3.8, 4) is 0 Å². The van der Waals surface area contributed by atoms with E-state index < -0.39 is 0 Å². The molecule has 1 heterocycles. The van der Waals surface area contributed by atoms with Crippen molar-refractivity contribution in [1.29, 1.82) is 0 Å². The fourth-order valence-electron chi connectivity index (χ4n) is 1.69. The molecule has 2 aromatic rings. The summed E-state index contributed by atoms with van der Waals surface area (Å²) in [5.41, 5.74) is 3.94. The van der Waals surface area contributed by atoms with E-state index in [2.05, 4.69) is 10.5 Å². The molecule has 0 atom stereocenters. The van der Waals surface area contributed by atoms with Crippen LogP contribution in [0.1, 0.15) is 11.3 Å². The van der Waals surface area contributed by atoms with Gasteiger partial charge >= 0.3 is 0 Å². The van der Waals surface area contributed by atoms with Gasteiger partial charge in [-0.2, -0.15) is 5.10 Å². The standard InChI is InChI=1S/C14H13Cl2N3O/c1-19-7-3-4-10(19)8-14(20)18-17-9-11-12(15)5-2-6-13(11)16/h2-7,9H,8H2,1H3,(H,18,20)/b17-9-. The molecule has 0 unspecified atom stereocenters. The molecule has 0 bridgehead atoms. The summed E-state index contributed by atoms with van der Waals surface area (Å²) in [4.78, 5) is 11.7. The van der Waals surface area contributed by atoms with E-state index in [9.17, 15) is 4.79 Å². The van der Waals surface area contributed by atoms with Crippen LogP contribution in [0, 0.1) is 0 Å². The first-order valence-electron chi connectivity index (χ1n) is 5.94. The Labute approximate surface area is 127 Å². The van der Waals surface area contributed by atoms with E-state index in [4.69, 9.17) is 23.2 Å². The fourth-order valence-corrected chi connectivity index (χ4v) is 2.18. The summed E-state index contributed by atoms with van der Waals surface area (Å²) >= 11 is 12.0. The van der Waals surface area contributed by atoms with Crippen LogP contribution >= 0.6 is 23.2 Å². The molecule has 0 aliphatic rings. The highest BCUT2D eigenvalue weighted by Gasteiger charge is 2.05. The number of carbonyl (C=O) groups is 1. The van der Waals surface area contributed by atoms with E-state index in [1.165, 1.54) is 6.21 Å². The minimum atomic E-state index is -0.203. The summed E-state index contributed by atoms with van der Waals surface area (Å²) in [5.74, 6) is -0.203. The monoisotopic (exact) mass is 309 g/mol. The second kappa shape index (κ2) is 6.59. The molecule has 0 saturated carbocycles. The SMILES string of the molecule is Cn1cccc1CC(=O)N/N=C\c1c(Cl)cccc1Cl. The minimum Gasteiger partial charge on any atom is -0.354 e. The molecule has 1 amide bonds. The third-order valence-electron chi connectivity index (χ3n) is 2.78. The molecule has 1 aromatic carbocycles. The molecule has 0 fully saturated rings. The second-order valence-electron chi connectivity index (χ2n) is 4.22. The number of halogens is 2. The maximum absolute atomic E-state index is 11.7. The molecule has 1 N–H and O–H groups in total. The summed E-state index contributed by atoms with van der Waals surface area (Å²) in [6.45, 7) is 0. The van der Waals surface area contributed by atoms with Gasteiger partial charge in [0.1, 0.15) is 0 Å². The largest absolute Gasteiger partial charge is 0.354 e. The molecule has 0 radical (unpaired) electrons. The Morgan fingerprint density at radius 3 is 2.60 bits per heavy atom. The van der Waals surface area contributed by atoms with Crippen LogP contribution in [-0.4, -0.2) is 16.7 Å². The van der Waals surface area contributed by atoms with Crippen LogP contribution in [0.25, 0.3) is 0 Å². The lowest BCUT2D eigenvalue weighted by molar-refractivity contribution is -0.120. The average Bonchev–Trinajstić information content (AvgIpc) is 2.79. The van der Waals surface area contributed by atoms with Crippen molar-refractivity contribution in [3.63, 3.8) is 0 Å². The number of nitrogens with zero attached hydrogens (tertiary/aromatic N) is 2. The van der Waals surface area contributed by atoms with Crippen molar-refractivity contribution in [3.05, 3.63) is 57.8 Å². The van der Waals surface area contributed by atoms with E-state index in [0.717, 1.165) is 5.69 Å². The maximum atomic E-state index is 11.7. The van der Waals surface area contributed by atoms with Crippen molar-refractivity contribution in [2.45, 2.75) is 6.42 Å². The van der Waals surface area contributed by atoms with Crippen LogP contribution in [-0.2, 0) is 18.3 Å². The maximum Gasteiger partial charge on any atom is 0.245 e. The first kappa shape index (κ1) is 14.6. The molecule has 2 rings (SSSR count). The molecule has 20 heavy (non-hydrogen) atoms. The van der Waals surface area contributed by atoms with Crippen LogP contribution in [0.3, 0.4) is 0 Å². The highest BCUT2D eigenvalue weighted by Crippen LogP contribution is 2.21. The Morgan fingerprint density at radius 2 is 2.00 bits per heavy atom. The van der Waals surface area contributed by atoms with E-state index >= 15 is 0 Å². The predicted octanol–water partition coefficient (Wildman–Crippen LogP) is 3.02. The number of amides is 1. The lowest BCUT2D eigenvalue weighted by Gasteiger charge is -2.03. The highest BCUT2D eigenvalue weighted by molar-refractivity contribution is 6.38. The van der Waals surface area contributed by atoms with E-state index in [-0.39, 0.29) is 12.3 Å². The summed E-state index contributed by atoms with van der Waals surface area (Å²) in [6.07, 6.45) is 3.58. The average molecular weight is 310 g/mol. The number of hydrazone groups is 1. The summed E-state index contributed by atoms with van der Waals surface area (Å²) < 4.78 is 1.88. The molecule has 1 aromatic heterocycles. The van der Waals surface area contributed by atoms with Crippen LogP contribution in [0.2, 0.25) is 10.0 Å². The van der Waals surface area contributed by atoms with E-state index in [1.807, 2.05) is 29.9 Å². The van der Waals surface area contributed by atoms with Crippen molar-refractivity contribution in [1.82, 2.24) is 9.99 Å². The Morgan fingerprint density at radius 1 is 1.30 bits per heavy atom. The Balaban J connectivity index is 1.97. The van der Waals surface area contributed by atoms with Crippen molar-refractivity contribution >= 4 is 35.3 Å². The molecule has 0 aliphatic carbocycles. The quantitative estimate of drug-likeness (QED) is 0.685. The van der Waals surface area contributed by atoms with Crippen LogP contribution in [0.15, 0.2) is 41.6 Å². The van der Waals surface area contributed by atoms with Gasteiger partial charge < -0.3 is 4.57 Å². The van der Waals surface area contributed by atoms with Gasteiger partial charge in [-0.05, 0) is 24.3 Å². The van der Waals surface area contributed by atoms with Crippen molar-refractivity contribution in [2.75, 3.05) is 0 Å². The normalized spacial score (nSPS) is 10.9. The summed E-state index contributed by atoms with van der Waals surface area (Å²) in [7, 11) is 1.88. The van der Waals surface area contributed by atoms with Gasteiger partial charge in [0, 0.05) is 24.5 Å². The minimum absolute atomic E-state index is 0.203. The number of nitrogens with one attached hydrogen (secondary N) is 1. The smallest absolute Gasteiger partial charge is 0.245 e. The zero-order chi connectivity index (χ0) is 14.5. The molecule has 0 aliphatic heterocycles. The lowest BCUT2D eigenvalue weighted by Crippen LogP contribution is -2.20. The Hall–Kier alpha value is -1.78. The van der Waals surface area contributed by atoms with Gasteiger partial charge in [-0.25, -0.2) is 5.43 Å². The van der Waals surface area contributed by atoms with Gasteiger partial charge in [-0.3, -0.25) is 4.79 Å². The molecule has 0 spiro atoms. The Kier molecular flexibility index (Phi) is 4.82. The third-order valence-corrected chi connectivity index (χ3v) is 3.43. The predicted molar refractivity (Wildman–Crippen MR) is 81.3 cm³/mol. The summed E-state index contributed by atoms with van der Waals surface area (Å²) in [6, 6.07) is 8.93. The molecule has 4 nitrogen and oxygen atoms in total. The third kappa shape index (κ3) is 3.62. The van der Waals surface area contributed by atoms with Crippen molar-refractivity contribution in [2.24, 2.45) is 12.1 Å². The van der Waals surface area contributed by atoms with E-state index in [0.29, 0.717) is 15.6 Å². The number of hydrogen-bond acceptors (Lipinski definition) is 2. The molecule has 104 valence electrons. The van der Waals surface area contributed by atoms with Gasteiger partial charge in [-0.15, -0.1) is 0 Å². The second-order valence-corrected chi connectivity index (χ2v) is 5.03. The topological polar surface area (TPSA) is 46.4 Å². The lowest BCUT2D eigenvalue weighted by atomic mass is 10.2. The van der Waals surface area contributed by atoms with Crippen LogP contribution in [0.4, 0.5) is 0 Å². The number of rotatable bonds is 4. The van der Waals surface area contributed by atoms with Crippen LogP contribution < -0.4 is 5.43 Å². The van der Waals surface area contributed by atoms with Crippen LogP contribution in [0.5, 0.6) is 0 Å².